The SMILES string of the molecule is CC1(C)c2ccccc2-c2ccc(N(c3ccc(-c4ccccc4)cc3)c3ccc(-c4cc5c(c6ccccc46)C(C)(C)c4cc(-c6ccccc6)ccc4-5)cc3)cc21. The van der Waals surface area contributed by atoms with E-state index in [0.29, 0.717) is 0 Å². The first-order valence-corrected chi connectivity index (χ1v) is 20.8. The highest BCUT2D eigenvalue weighted by atomic mass is 15.1. The second-order valence-electron chi connectivity index (χ2n) is 17.3. The third-order valence-electron chi connectivity index (χ3n) is 13.3. The van der Waals surface area contributed by atoms with E-state index in [9.17, 15) is 0 Å². The molecule has 0 fully saturated rings. The highest BCUT2D eigenvalue weighted by Gasteiger charge is 2.38. The summed E-state index contributed by atoms with van der Waals surface area (Å²) in [6.07, 6.45) is 0. The fourth-order valence-electron chi connectivity index (χ4n) is 10.2. The van der Waals surface area contributed by atoms with Crippen molar-refractivity contribution >= 4 is 27.8 Å². The molecule has 282 valence electrons. The van der Waals surface area contributed by atoms with Gasteiger partial charge in [-0.3, -0.25) is 0 Å². The molecule has 9 aromatic carbocycles. The molecule has 11 rings (SSSR count). The number of hydrogen-bond donors (Lipinski definition) is 0. The third kappa shape index (κ3) is 5.53. The summed E-state index contributed by atoms with van der Waals surface area (Å²) in [6.45, 7) is 9.51. The fraction of sp³-hybridized carbons (Fsp3) is 0.103. The van der Waals surface area contributed by atoms with Crippen LogP contribution in [0.1, 0.15) is 49.9 Å². The van der Waals surface area contributed by atoms with Crippen LogP contribution in [0.15, 0.2) is 200 Å². The molecule has 1 heteroatoms. The largest absolute Gasteiger partial charge is 0.310 e. The summed E-state index contributed by atoms with van der Waals surface area (Å²) in [7, 11) is 0. The Morgan fingerprint density at radius 3 is 1.46 bits per heavy atom. The molecule has 0 bridgehead atoms. The molecular formula is C58H45N. The standard InChI is InChI=1S/C58H45N/c1-57(2)53-22-14-13-20-47(53)48-34-32-45(36-55(48)57)59(43-28-23-40(24-29-43)38-15-7-5-8-16-38)44-30-25-41(26-31-44)51-37-52-49-33-27-42(39-17-9-6-10-18-39)35-54(49)58(3,4)56(52)50-21-12-11-19-46(50)51/h5-37H,1-4H3. The van der Waals surface area contributed by atoms with E-state index >= 15 is 0 Å². The van der Waals surface area contributed by atoms with Crippen molar-refractivity contribution in [3.63, 3.8) is 0 Å². The minimum Gasteiger partial charge on any atom is -0.310 e. The summed E-state index contributed by atoms with van der Waals surface area (Å²) >= 11 is 0. The number of nitrogens with zero attached hydrogens (tertiary/aromatic N) is 1. The summed E-state index contributed by atoms with van der Waals surface area (Å²) in [5.74, 6) is 0. The lowest BCUT2D eigenvalue weighted by Gasteiger charge is -2.28. The van der Waals surface area contributed by atoms with E-state index < -0.39 is 0 Å². The van der Waals surface area contributed by atoms with E-state index in [2.05, 4.69) is 233 Å². The van der Waals surface area contributed by atoms with Crippen molar-refractivity contribution in [2.45, 2.75) is 38.5 Å². The molecule has 59 heavy (non-hydrogen) atoms. The van der Waals surface area contributed by atoms with Crippen molar-refractivity contribution in [1.29, 1.82) is 0 Å². The second-order valence-corrected chi connectivity index (χ2v) is 17.3. The second kappa shape index (κ2) is 13.3. The van der Waals surface area contributed by atoms with E-state index in [-0.39, 0.29) is 10.8 Å². The van der Waals surface area contributed by atoms with Crippen LogP contribution in [0.25, 0.3) is 66.4 Å². The normalized spacial score (nSPS) is 14.0. The Hall–Kier alpha value is -6.96. The van der Waals surface area contributed by atoms with E-state index in [1.54, 1.807) is 0 Å². The molecule has 1 nitrogen and oxygen atoms in total. The van der Waals surface area contributed by atoms with Crippen LogP contribution in [0.4, 0.5) is 17.1 Å². The minimum atomic E-state index is -0.139. The monoisotopic (exact) mass is 755 g/mol. The maximum Gasteiger partial charge on any atom is 0.0465 e. The van der Waals surface area contributed by atoms with Crippen LogP contribution >= 0.6 is 0 Å². The van der Waals surface area contributed by atoms with Gasteiger partial charge in [-0.1, -0.05) is 179 Å². The molecule has 2 aliphatic rings. The average Bonchev–Trinajstić information content (AvgIpc) is 3.66. The van der Waals surface area contributed by atoms with E-state index in [1.807, 2.05) is 0 Å². The first-order valence-electron chi connectivity index (χ1n) is 20.8. The molecule has 0 saturated heterocycles. The average molecular weight is 756 g/mol. The van der Waals surface area contributed by atoms with E-state index in [1.165, 1.54) is 88.7 Å². The van der Waals surface area contributed by atoms with Gasteiger partial charge in [-0.15, -0.1) is 0 Å². The van der Waals surface area contributed by atoms with Crippen LogP contribution < -0.4 is 4.90 Å². The van der Waals surface area contributed by atoms with E-state index in [0.717, 1.165) is 17.1 Å². The van der Waals surface area contributed by atoms with Crippen molar-refractivity contribution < 1.29 is 0 Å². The summed E-state index contributed by atoms with van der Waals surface area (Å²) in [5.41, 5.74) is 21.5. The molecular weight excluding hydrogens is 711 g/mol. The Labute approximate surface area is 347 Å². The van der Waals surface area contributed by atoms with Gasteiger partial charge in [0, 0.05) is 27.9 Å². The van der Waals surface area contributed by atoms with Gasteiger partial charge in [-0.25, -0.2) is 0 Å². The van der Waals surface area contributed by atoms with Crippen LogP contribution in [0.2, 0.25) is 0 Å². The molecule has 0 atom stereocenters. The van der Waals surface area contributed by atoms with Crippen molar-refractivity contribution in [3.05, 3.63) is 222 Å². The van der Waals surface area contributed by atoms with Gasteiger partial charge in [0.2, 0.25) is 0 Å². The molecule has 0 N–H and O–H groups in total. The maximum absolute atomic E-state index is 2.46. The Morgan fingerprint density at radius 1 is 0.288 bits per heavy atom. The number of hydrogen-bond acceptors (Lipinski definition) is 1. The molecule has 0 spiro atoms. The number of fused-ring (bicyclic) bond motifs is 8. The summed E-state index contributed by atoms with van der Waals surface area (Å²) in [5, 5.41) is 2.62. The lowest BCUT2D eigenvalue weighted by atomic mass is 9.78. The topological polar surface area (TPSA) is 3.24 Å². The molecule has 0 aliphatic heterocycles. The lowest BCUT2D eigenvalue weighted by molar-refractivity contribution is 0.660. The summed E-state index contributed by atoms with van der Waals surface area (Å²) in [6, 6.07) is 74.1. The lowest BCUT2D eigenvalue weighted by Crippen LogP contribution is -2.16. The Balaban J connectivity index is 1.03. The molecule has 2 aliphatic carbocycles. The number of anilines is 3. The predicted molar refractivity (Wildman–Crippen MR) is 250 cm³/mol. The van der Waals surface area contributed by atoms with Crippen LogP contribution in [0.3, 0.4) is 0 Å². The van der Waals surface area contributed by atoms with Crippen LogP contribution in [-0.2, 0) is 10.8 Å². The van der Waals surface area contributed by atoms with Crippen LogP contribution in [-0.4, -0.2) is 0 Å². The third-order valence-corrected chi connectivity index (χ3v) is 13.3. The first kappa shape index (κ1) is 35.2. The summed E-state index contributed by atoms with van der Waals surface area (Å²) in [4.78, 5) is 2.42. The Kier molecular flexibility index (Phi) is 7.94. The molecule has 0 heterocycles. The van der Waals surface area contributed by atoms with Gasteiger partial charge in [0.25, 0.3) is 0 Å². The summed E-state index contributed by atoms with van der Waals surface area (Å²) < 4.78 is 0. The minimum absolute atomic E-state index is 0.0977. The van der Waals surface area contributed by atoms with Gasteiger partial charge in [-0.05, 0) is 137 Å². The highest BCUT2D eigenvalue weighted by Crippen LogP contribution is 2.55. The number of benzene rings is 9. The first-order chi connectivity index (χ1) is 28.8. The quantitative estimate of drug-likeness (QED) is 0.163. The zero-order valence-electron chi connectivity index (χ0n) is 34.0. The van der Waals surface area contributed by atoms with Crippen molar-refractivity contribution in [2.24, 2.45) is 0 Å². The van der Waals surface area contributed by atoms with Crippen molar-refractivity contribution in [1.82, 2.24) is 0 Å². The van der Waals surface area contributed by atoms with Gasteiger partial charge in [0.15, 0.2) is 0 Å². The molecule has 0 unspecified atom stereocenters. The van der Waals surface area contributed by atoms with Gasteiger partial charge in [0.1, 0.15) is 0 Å². The molecule has 0 saturated carbocycles. The smallest absolute Gasteiger partial charge is 0.0465 e. The predicted octanol–water partition coefficient (Wildman–Crippen LogP) is 15.9. The van der Waals surface area contributed by atoms with Gasteiger partial charge < -0.3 is 4.90 Å². The Morgan fingerprint density at radius 2 is 0.763 bits per heavy atom. The number of rotatable bonds is 6. The highest BCUT2D eigenvalue weighted by molar-refractivity contribution is 6.06. The van der Waals surface area contributed by atoms with E-state index in [4.69, 9.17) is 0 Å². The zero-order chi connectivity index (χ0) is 39.9. The molecule has 0 aromatic heterocycles. The maximum atomic E-state index is 2.46. The fourth-order valence-corrected chi connectivity index (χ4v) is 10.2. The van der Waals surface area contributed by atoms with Crippen LogP contribution in [0, 0.1) is 0 Å². The van der Waals surface area contributed by atoms with Gasteiger partial charge in [-0.2, -0.15) is 0 Å². The van der Waals surface area contributed by atoms with Crippen molar-refractivity contribution in [2.75, 3.05) is 4.90 Å². The Bertz CT molecular complexity index is 3060. The molecule has 9 aromatic rings. The molecule has 0 amide bonds. The van der Waals surface area contributed by atoms with Crippen LogP contribution in [0.5, 0.6) is 0 Å². The van der Waals surface area contributed by atoms with Gasteiger partial charge in [0.05, 0.1) is 0 Å². The van der Waals surface area contributed by atoms with Crippen molar-refractivity contribution in [3.8, 4) is 55.6 Å². The molecule has 0 radical (unpaired) electrons. The zero-order valence-corrected chi connectivity index (χ0v) is 34.0. The van der Waals surface area contributed by atoms with Gasteiger partial charge >= 0.3 is 0 Å².